The van der Waals surface area contributed by atoms with Crippen molar-refractivity contribution in [3.8, 4) is 11.5 Å². The molecule has 10 atom stereocenters. The molecule has 0 radical (unpaired) electrons. The molecule has 2 aromatic carbocycles. The number of anilines is 2. The summed E-state index contributed by atoms with van der Waals surface area (Å²) in [7, 11) is 0. The quantitative estimate of drug-likeness (QED) is 0.149. The van der Waals surface area contributed by atoms with E-state index in [9.17, 15) is 40.9 Å². The lowest BCUT2D eigenvalue weighted by Crippen LogP contribution is -2.60. The zero-order chi connectivity index (χ0) is 29.0. The van der Waals surface area contributed by atoms with Gasteiger partial charge in [-0.15, -0.1) is 0 Å². The highest BCUT2D eigenvalue weighted by molar-refractivity contribution is 7.80. The normalized spacial score (nSPS) is 34.1. The molecule has 0 spiro atoms. The van der Waals surface area contributed by atoms with Crippen molar-refractivity contribution in [3.05, 3.63) is 48.5 Å². The largest absolute Gasteiger partial charge is 0.462 e. The summed E-state index contributed by atoms with van der Waals surface area (Å²) in [6.07, 6.45) is -13.9. The van der Waals surface area contributed by atoms with Crippen molar-refractivity contribution < 1.29 is 59.8 Å². The van der Waals surface area contributed by atoms with Gasteiger partial charge in [0.15, 0.2) is 5.11 Å². The lowest BCUT2D eigenvalue weighted by molar-refractivity contribution is -0.277. The third kappa shape index (κ3) is 6.96. The van der Waals surface area contributed by atoms with Crippen LogP contribution < -0.4 is 20.1 Å². The number of rotatable bonds is 8. The molecule has 220 valence electrons. The van der Waals surface area contributed by atoms with Crippen LogP contribution in [0.4, 0.5) is 11.4 Å². The number of nitrogens with one attached hydrogen (secondary N) is 2. The van der Waals surface area contributed by atoms with Crippen molar-refractivity contribution in [3.63, 3.8) is 0 Å². The van der Waals surface area contributed by atoms with Gasteiger partial charge in [0.05, 0.1) is 13.2 Å². The van der Waals surface area contributed by atoms with Gasteiger partial charge in [0.2, 0.25) is 12.6 Å². The molecule has 2 aromatic rings. The van der Waals surface area contributed by atoms with Crippen LogP contribution in [0.3, 0.4) is 0 Å². The Labute approximate surface area is 233 Å². The summed E-state index contributed by atoms with van der Waals surface area (Å²) >= 11 is 5.34. The fraction of sp³-hybridized carbons (Fsp3) is 0.480. The average Bonchev–Trinajstić information content (AvgIpc) is 2.95. The SMILES string of the molecule is OC[C@H]1O[C@H](Oc2ccc(NC(=S)Nc3ccc(O[C@H]4O[C@H](CO)[C@@H](O)[C@H](O)[C@@H]4O)cc3)cc2)[C@@H](O)[C@@H](O)[C@@H]1O. The highest BCUT2D eigenvalue weighted by Crippen LogP contribution is 2.27. The van der Waals surface area contributed by atoms with E-state index in [1.165, 1.54) is 0 Å². The van der Waals surface area contributed by atoms with Crippen LogP contribution in [0.25, 0.3) is 0 Å². The Morgan fingerprint density at radius 2 is 0.950 bits per heavy atom. The third-order valence-electron chi connectivity index (χ3n) is 6.43. The molecule has 2 saturated heterocycles. The van der Waals surface area contributed by atoms with Crippen LogP contribution in [0.2, 0.25) is 0 Å². The first-order valence-electron chi connectivity index (χ1n) is 12.3. The summed E-state index contributed by atoms with van der Waals surface area (Å²) in [6, 6.07) is 12.8. The molecule has 2 aliphatic rings. The van der Waals surface area contributed by atoms with Gasteiger partial charge in [0.25, 0.3) is 0 Å². The molecule has 0 aliphatic carbocycles. The van der Waals surface area contributed by atoms with Gasteiger partial charge < -0.3 is 70.4 Å². The van der Waals surface area contributed by atoms with Crippen LogP contribution in [-0.4, -0.2) is 121 Å². The van der Waals surface area contributed by atoms with E-state index in [1.807, 2.05) is 0 Å². The summed E-state index contributed by atoms with van der Waals surface area (Å²) in [4.78, 5) is 0. The number of hydrogen-bond donors (Lipinski definition) is 10. The first kappa shape index (κ1) is 30.3. The zero-order valence-corrected chi connectivity index (χ0v) is 21.7. The zero-order valence-electron chi connectivity index (χ0n) is 20.9. The van der Waals surface area contributed by atoms with Crippen molar-refractivity contribution in [1.82, 2.24) is 0 Å². The molecule has 2 fully saturated rings. The molecule has 0 bridgehead atoms. The molecule has 0 aromatic heterocycles. The Morgan fingerprint density at radius 1 is 0.600 bits per heavy atom. The Balaban J connectivity index is 1.27. The second-order valence-electron chi connectivity index (χ2n) is 9.26. The number of thiocarbonyl (C=S) groups is 1. The fourth-order valence-electron chi connectivity index (χ4n) is 4.12. The molecular weight excluding hydrogens is 552 g/mol. The van der Waals surface area contributed by atoms with E-state index in [0.29, 0.717) is 22.9 Å². The van der Waals surface area contributed by atoms with E-state index in [0.717, 1.165) is 0 Å². The number of hydrogen-bond acceptors (Lipinski definition) is 13. The van der Waals surface area contributed by atoms with Crippen molar-refractivity contribution in [2.75, 3.05) is 23.8 Å². The molecule has 2 aliphatic heterocycles. The number of aliphatic hydroxyl groups excluding tert-OH is 8. The Kier molecular flexibility index (Phi) is 10.1. The number of ether oxygens (including phenoxy) is 4. The first-order valence-corrected chi connectivity index (χ1v) is 12.7. The van der Waals surface area contributed by atoms with Crippen LogP contribution >= 0.6 is 12.2 Å². The summed E-state index contributed by atoms with van der Waals surface area (Å²) in [6.45, 7) is -1.13. The first-order chi connectivity index (χ1) is 19.1. The molecule has 0 amide bonds. The molecular formula is C25H32N2O12S. The van der Waals surface area contributed by atoms with Gasteiger partial charge in [0, 0.05) is 11.4 Å². The molecule has 10 N–H and O–H groups in total. The van der Waals surface area contributed by atoms with Gasteiger partial charge in [-0.3, -0.25) is 0 Å². The van der Waals surface area contributed by atoms with E-state index < -0.39 is 74.6 Å². The molecule has 0 unspecified atom stereocenters. The van der Waals surface area contributed by atoms with E-state index in [-0.39, 0.29) is 5.11 Å². The van der Waals surface area contributed by atoms with E-state index >= 15 is 0 Å². The topological polar surface area (TPSA) is 223 Å². The van der Waals surface area contributed by atoms with Crippen LogP contribution in [0, 0.1) is 0 Å². The van der Waals surface area contributed by atoms with Gasteiger partial charge in [-0.1, -0.05) is 0 Å². The van der Waals surface area contributed by atoms with E-state index in [4.69, 9.17) is 31.2 Å². The Hall–Kier alpha value is -2.67. The van der Waals surface area contributed by atoms with Crippen LogP contribution in [0.5, 0.6) is 11.5 Å². The minimum absolute atomic E-state index is 0.255. The Morgan fingerprint density at radius 3 is 1.27 bits per heavy atom. The maximum absolute atomic E-state index is 10.1. The fourth-order valence-corrected chi connectivity index (χ4v) is 4.36. The predicted molar refractivity (Wildman–Crippen MR) is 142 cm³/mol. The predicted octanol–water partition coefficient (Wildman–Crippen LogP) is -2.15. The Bertz CT molecular complexity index is 1020. The van der Waals surface area contributed by atoms with Crippen LogP contribution in [0.1, 0.15) is 0 Å². The van der Waals surface area contributed by atoms with Crippen LogP contribution in [-0.2, 0) is 9.47 Å². The number of benzene rings is 2. The maximum Gasteiger partial charge on any atom is 0.229 e. The van der Waals surface area contributed by atoms with E-state index in [2.05, 4.69) is 10.6 Å². The van der Waals surface area contributed by atoms with Crippen molar-refractivity contribution in [2.45, 2.75) is 61.4 Å². The lowest BCUT2D eigenvalue weighted by Gasteiger charge is -2.39. The number of aliphatic hydroxyl groups is 8. The molecule has 0 saturated carbocycles. The van der Waals surface area contributed by atoms with Gasteiger partial charge in [0.1, 0.15) is 60.3 Å². The second-order valence-corrected chi connectivity index (χ2v) is 9.67. The van der Waals surface area contributed by atoms with Crippen molar-refractivity contribution >= 4 is 28.7 Å². The molecule has 40 heavy (non-hydrogen) atoms. The monoisotopic (exact) mass is 584 g/mol. The van der Waals surface area contributed by atoms with Crippen LogP contribution in [0.15, 0.2) is 48.5 Å². The van der Waals surface area contributed by atoms with Gasteiger partial charge >= 0.3 is 0 Å². The minimum atomic E-state index is -1.55. The highest BCUT2D eigenvalue weighted by Gasteiger charge is 2.45. The van der Waals surface area contributed by atoms with E-state index in [1.54, 1.807) is 48.5 Å². The standard InChI is InChI=1S/C25H32N2O12S/c28-9-15-17(30)19(32)21(34)23(38-15)36-13-5-1-11(2-6-13)26-25(40)27-12-3-7-14(8-4-12)37-24-22(35)20(33)18(31)16(10-29)39-24/h1-8,15-24,28-35H,9-10H2,(H2,26,27,40)/t15-,16-,17-,18-,19+,20+,21+,22+,23+,24+/m1/s1. The lowest BCUT2D eigenvalue weighted by atomic mass is 9.99. The third-order valence-corrected chi connectivity index (χ3v) is 6.63. The second kappa shape index (κ2) is 13.3. The molecule has 14 nitrogen and oxygen atoms in total. The molecule has 4 rings (SSSR count). The highest BCUT2D eigenvalue weighted by atomic mass is 32.1. The van der Waals surface area contributed by atoms with Gasteiger partial charge in [-0.25, -0.2) is 0 Å². The maximum atomic E-state index is 10.1. The van der Waals surface area contributed by atoms with Crippen molar-refractivity contribution in [2.24, 2.45) is 0 Å². The molecule has 2 heterocycles. The van der Waals surface area contributed by atoms with Gasteiger partial charge in [-0.05, 0) is 60.7 Å². The smallest absolute Gasteiger partial charge is 0.229 e. The summed E-state index contributed by atoms with van der Waals surface area (Å²) in [5, 5.41) is 84.6. The summed E-state index contributed by atoms with van der Waals surface area (Å²) in [5.74, 6) is 0.590. The average molecular weight is 585 g/mol. The minimum Gasteiger partial charge on any atom is -0.462 e. The summed E-state index contributed by atoms with van der Waals surface area (Å²) in [5.41, 5.74) is 1.20. The van der Waals surface area contributed by atoms with Gasteiger partial charge in [-0.2, -0.15) is 0 Å². The molecule has 15 heteroatoms. The summed E-state index contributed by atoms with van der Waals surface area (Å²) < 4.78 is 21.8. The van der Waals surface area contributed by atoms with Crippen molar-refractivity contribution in [1.29, 1.82) is 0 Å².